The smallest absolute Gasteiger partial charge is 0.239 e. The van der Waals surface area contributed by atoms with E-state index in [4.69, 9.17) is 0 Å². The lowest BCUT2D eigenvalue weighted by atomic mass is 9.98. The third kappa shape index (κ3) is 1.75. The summed E-state index contributed by atoms with van der Waals surface area (Å²) >= 11 is 1.74. The number of fused-ring (bicyclic) bond motifs is 1. The van der Waals surface area contributed by atoms with Crippen LogP contribution in [-0.2, 0) is 4.79 Å². The number of piperazine rings is 1. The number of H-pyrrole nitrogens is 1. The van der Waals surface area contributed by atoms with Gasteiger partial charge in [0.15, 0.2) is 0 Å². The third-order valence-corrected chi connectivity index (χ3v) is 4.37. The van der Waals surface area contributed by atoms with E-state index in [0.29, 0.717) is 6.54 Å². The summed E-state index contributed by atoms with van der Waals surface area (Å²) < 4.78 is 0. The van der Waals surface area contributed by atoms with Crippen LogP contribution in [-0.4, -0.2) is 23.0 Å². The molecule has 1 fully saturated rings. The van der Waals surface area contributed by atoms with Gasteiger partial charge in [-0.1, -0.05) is 0 Å². The van der Waals surface area contributed by atoms with Crippen LogP contribution in [0.15, 0.2) is 18.3 Å². The predicted octanol–water partition coefficient (Wildman–Crippen LogP) is 1.77. The van der Waals surface area contributed by atoms with Crippen molar-refractivity contribution in [3.05, 3.63) is 23.2 Å². The lowest BCUT2D eigenvalue weighted by Crippen LogP contribution is -2.60. The van der Waals surface area contributed by atoms with Gasteiger partial charge in [0.05, 0.1) is 16.4 Å². The lowest BCUT2D eigenvalue weighted by Gasteiger charge is -2.35. The first kappa shape index (κ1) is 10.8. The first-order chi connectivity index (χ1) is 8.06. The maximum absolute atomic E-state index is 11.6. The van der Waals surface area contributed by atoms with Crippen molar-refractivity contribution in [2.24, 2.45) is 0 Å². The molecule has 1 amide bonds. The van der Waals surface area contributed by atoms with Crippen molar-refractivity contribution < 1.29 is 4.79 Å². The number of carbonyl (C=O) groups is 1. The van der Waals surface area contributed by atoms with Crippen LogP contribution in [0.1, 0.15) is 24.8 Å². The summed E-state index contributed by atoms with van der Waals surface area (Å²) in [6.45, 7) is 4.48. The molecule has 5 heteroatoms. The standard InChI is InChI=1S/C12H15N3OS/c1-12(2)11(16)14-6-8(15-12)9-5-7-3-4-13-10(7)17-9/h3-5,8,13,15H,6H2,1-2H3,(H,14,16). The van der Waals surface area contributed by atoms with E-state index < -0.39 is 5.54 Å². The number of carbonyl (C=O) groups excluding carboxylic acids is 1. The molecule has 1 saturated heterocycles. The quantitative estimate of drug-likeness (QED) is 0.721. The first-order valence-electron chi connectivity index (χ1n) is 5.69. The largest absolute Gasteiger partial charge is 0.353 e. The zero-order valence-electron chi connectivity index (χ0n) is 9.83. The molecule has 2 aromatic heterocycles. The number of hydrogen-bond donors (Lipinski definition) is 3. The van der Waals surface area contributed by atoms with Crippen molar-refractivity contribution in [1.82, 2.24) is 15.6 Å². The summed E-state index contributed by atoms with van der Waals surface area (Å²) in [5, 5.41) is 7.58. The van der Waals surface area contributed by atoms with Crippen LogP contribution in [0.4, 0.5) is 0 Å². The summed E-state index contributed by atoms with van der Waals surface area (Å²) in [5.41, 5.74) is -0.499. The molecule has 3 rings (SSSR count). The number of aromatic nitrogens is 1. The summed E-state index contributed by atoms with van der Waals surface area (Å²) in [5.74, 6) is 0.0656. The first-order valence-corrected chi connectivity index (χ1v) is 6.51. The highest BCUT2D eigenvalue weighted by atomic mass is 32.1. The number of aromatic amines is 1. The van der Waals surface area contributed by atoms with Gasteiger partial charge in [-0.3, -0.25) is 10.1 Å². The molecular weight excluding hydrogens is 234 g/mol. The summed E-state index contributed by atoms with van der Waals surface area (Å²) in [6.07, 6.45) is 1.95. The van der Waals surface area contributed by atoms with Crippen molar-refractivity contribution in [1.29, 1.82) is 0 Å². The minimum Gasteiger partial charge on any atom is -0.353 e. The average molecular weight is 249 g/mol. The van der Waals surface area contributed by atoms with Crippen LogP contribution in [0, 0.1) is 0 Å². The van der Waals surface area contributed by atoms with Crippen molar-refractivity contribution in [3.63, 3.8) is 0 Å². The molecular formula is C12H15N3OS. The fourth-order valence-electron chi connectivity index (χ4n) is 2.18. The molecule has 90 valence electrons. The summed E-state index contributed by atoms with van der Waals surface area (Å²) in [4.78, 5) is 17.3. The summed E-state index contributed by atoms with van der Waals surface area (Å²) in [6, 6.07) is 4.46. The Kier molecular flexibility index (Phi) is 2.27. The normalized spacial score (nSPS) is 23.9. The minimum atomic E-state index is -0.499. The highest BCUT2D eigenvalue weighted by Crippen LogP contribution is 2.31. The molecule has 0 aromatic carbocycles. The second kappa shape index (κ2) is 3.58. The Morgan fingerprint density at radius 1 is 1.47 bits per heavy atom. The second-order valence-electron chi connectivity index (χ2n) is 4.94. The molecule has 0 bridgehead atoms. The van der Waals surface area contributed by atoms with Crippen LogP contribution in [0.2, 0.25) is 0 Å². The fraction of sp³-hybridized carbons (Fsp3) is 0.417. The zero-order chi connectivity index (χ0) is 12.0. The van der Waals surface area contributed by atoms with Crippen LogP contribution >= 0.6 is 11.3 Å². The monoisotopic (exact) mass is 249 g/mol. The number of rotatable bonds is 1. The van der Waals surface area contributed by atoms with E-state index in [-0.39, 0.29) is 11.9 Å². The van der Waals surface area contributed by atoms with Gasteiger partial charge in [-0.2, -0.15) is 0 Å². The van der Waals surface area contributed by atoms with Crippen LogP contribution in [0.3, 0.4) is 0 Å². The Labute approximate surface area is 103 Å². The molecule has 3 N–H and O–H groups in total. The molecule has 2 aromatic rings. The van der Waals surface area contributed by atoms with Crippen LogP contribution in [0.5, 0.6) is 0 Å². The van der Waals surface area contributed by atoms with E-state index in [0.717, 1.165) is 0 Å². The van der Waals surface area contributed by atoms with E-state index in [1.165, 1.54) is 15.1 Å². The van der Waals surface area contributed by atoms with Crippen molar-refractivity contribution >= 4 is 27.5 Å². The van der Waals surface area contributed by atoms with Crippen LogP contribution < -0.4 is 10.6 Å². The Morgan fingerprint density at radius 2 is 2.29 bits per heavy atom. The SMILES string of the molecule is CC1(C)NC(c2cc3cc[nH]c3s2)CNC1=O. The molecule has 0 radical (unpaired) electrons. The molecule has 1 aliphatic rings. The Bertz CT molecular complexity index is 541. The molecule has 4 nitrogen and oxygen atoms in total. The van der Waals surface area contributed by atoms with E-state index in [1.807, 2.05) is 20.0 Å². The van der Waals surface area contributed by atoms with Gasteiger partial charge in [0.1, 0.15) is 0 Å². The highest BCUT2D eigenvalue weighted by Gasteiger charge is 2.35. The van der Waals surface area contributed by atoms with Gasteiger partial charge in [-0.25, -0.2) is 0 Å². The highest BCUT2D eigenvalue weighted by molar-refractivity contribution is 7.18. The topological polar surface area (TPSA) is 56.9 Å². The molecule has 1 aliphatic heterocycles. The zero-order valence-corrected chi connectivity index (χ0v) is 10.6. The van der Waals surface area contributed by atoms with Crippen molar-refractivity contribution in [3.8, 4) is 0 Å². The Hall–Kier alpha value is -1.33. The molecule has 0 spiro atoms. The van der Waals surface area contributed by atoms with Gasteiger partial charge in [0, 0.05) is 23.0 Å². The van der Waals surface area contributed by atoms with Gasteiger partial charge >= 0.3 is 0 Å². The molecule has 1 unspecified atom stereocenters. The van der Waals surface area contributed by atoms with E-state index >= 15 is 0 Å². The molecule has 17 heavy (non-hydrogen) atoms. The summed E-state index contributed by atoms with van der Waals surface area (Å²) in [7, 11) is 0. The van der Waals surface area contributed by atoms with E-state index in [9.17, 15) is 4.79 Å². The maximum atomic E-state index is 11.6. The maximum Gasteiger partial charge on any atom is 0.239 e. The molecule has 0 aliphatic carbocycles. The number of nitrogens with one attached hydrogen (secondary N) is 3. The van der Waals surface area contributed by atoms with Gasteiger partial charge in [0.25, 0.3) is 0 Å². The average Bonchev–Trinajstić information content (AvgIpc) is 2.81. The van der Waals surface area contributed by atoms with Gasteiger partial charge in [-0.05, 0) is 26.0 Å². The molecule has 0 saturated carbocycles. The Balaban J connectivity index is 1.90. The van der Waals surface area contributed by atoms with Crippen LogP contribution in [0.25, 0.3) is 10.2 Å². The van der Waals surface area contributed by atoms with Crippen molar-refractivity contribution in [2.45, 2.75) is 25.4 Å². The fourth-order valence-corrected chi connectivity index (χ4v) is 3.26. The Morgan fingerprint density at radius 3 is 3.00 bits per heavy atom. The van der Waals surface area contributed by atoms with E-state index in [1.54, 1.807) is 11.3 Å². The number of hydrogen-bond acceptors (Lipinski definition) is 3. The van der Waals surface area contributed by atoms with E-state index in [2.05, 4.69) is 27.8 Å². The number of thiophene rings is 1. The molecule has 1 atom stereocenters. The van der Waals surface area contributed by atoms with Gasteiger partial charge in [0.2, 0.25) is 5.91 Å². The van der Waals surface area contributed by atoms with Crippen molar-refractivity contribution in [2.75, 3.05) is 6.54 Å². The lowest BCUT2D eigenvalue weighted by molar-refractivity contribution is -0.128. The third-order valence-electron chi connectivity index (χ3n) is 3.17. The minimum absolute atomic E-state index is 0.0656. The second-order valence-corrected chi connectivity index (χ2v) is 6.03. The molecule has 3 heterocycles. The predicted molar refractivity (Wildman–Crippen MR) is 69.1 cm³/mol. The number of amides is 1. The van der Waals surface area contributed by atoms with Gasteiger partial charge < -0.3 is 10.3 Å². The van der Waals surface area contributed by atoms with Gasteiger partial charge in [-0.15, -0.1) is 11.3 Å².